The molecule has 166 valence electrons. The van der Waals surface area contributed by atoms with Crippen LogP contribution in [0.3, 0.4) is 0 Å². The van der Waals surface area contributed by atoms with Gasteiger partial charge in [0.05, 0.1) is 31.2 Å². The lowest BCUT2D eigenvalue weighted by atomic mass is 10.1. The van der Waals surface area contributed by atoms with Crippen LogP contribution in [-0.4, -0.2) is 46.8 Å². The monoisotopic (exact) mass is 436 g/mol. The van der Waals surface area contributed by atoms with Crippen LogP contribution in [0.15, 0.2) is 42.7 Å². The largest absolute Gasteiger partial charge is 0.494 e. The van der Waals surface area contributed by atoms with Gasteiger partial charge in [-0.2, -0.15) is 5.10 Å². The van der Waals surface area contributed by atoms with Gasteiger partial charge in [-0.3, -0.25) is 24.1 Å². The molecule has 10 heteroatoms. The lowest BCUT2D eigenvalue weighted by Gasteiger charge is -2.26. The average Bonchev–Trinajstić information content (AvgIpc) is 3.50. The van der Waals surface area contributed by atoms with E-state index in [1.807, 2.05) is 31.4 Å². The number of methoxy groups -OCH3 is 1. The van der Waals surface area contributed by atoms with E-state index in [9.17, 15) is 9.59 Å². The van der Waals surface area contributed by atoms with Gasteiger partial charge in [0.25, 0.3) is 11.8 Å². The zero-order valence-electron chi connectivity index (χ0n) is 18.0. The second kappa shape index (κ2) is 8.67. The summed E-state index contributed by atoms with van der Waals surface area (Å²) in [6.45, 7) is 0. The minimum Gasteiger partial charge on any atom is -0.494 e. The van der Waals surface area contributed by atoms with Crippen LogP contribution in [0.1, 0.15) is 33.7 Å². The number of pyridine rings is 1. The summed E-state index contributed by atoms with van der Waals surface area (Å²) in [6.07, 6.45) is 4.99. The lowest BCUT2D eigenvalue weighted by Crippen LogP contribution is -2.28. The van der Waals surface area contributed by atoms with Crippen molar-refractivity contribution >= 4 is 23.2 Å². The second-order valence-corrected chi connectivity index (χ2v) is 7.41. The second-order valence-electron chi connectivity index (χ2n) is 7.41. The predicted octanol–water partition coefficient (Wildman–Crippen LogP) is 2.18. The van der Waals surface area contributed by atoms with Crippen LogP contribution in [0.25, 0.3) is 11.3 Å². The Morgan fingerprint density at radius 3 is 2.59 bits per heavy atom. The van der Waals surface area contributed by atoms with Crippen LogP contribution < -0.4 is 20.9 Å². The summed E-state index contributed by atoms with van der Waals surface area (Å²) in [7, 11) is 4.81. The molecule has 3 N–H and O–H groups in total. The van der Waals surface area contributed by atoms with Crippen molar-refractivity contribution in [1.29, 1.82) is 0 Å². The zero-order chi connectivity index (χ0) is 22.8. The first-order valence-corrected chi connectivity index (χ1v) is 10.0. The molecule has 0 saturated heterocycles. The van der Waals surface area contributed by atoms with E-state index < -0.39 is 5.91 Å². The van der Waals surface area contributed by atoms with Gasteiger partial charge in [-0.1, -0.05) is 6.07 Å². The minimum absolute atomic E-state index is 0.0973. The van der Waals surface area contributed by atoms with Gasteiger partial charge >= 0.3 is 0 Å². The molecule has 2 heterocycles. The van der Waals surface area contributed by atoms with E-state index >= 15 is 0 Å². The van der Waals surface area contributed by atoms with E-state index in [-0.39, 0.29) is 28.9 Å². The van der Waals surface area contributed by atoms with Gasteiger partial charge in [-0.15, -0.1) is 0 Å². The number of nitrogens with one attached hydrogen (secondary N) is 1. The Morgan fingerprint density at radius 2 is 2.00 bits per heavy atom. The van der Waals surface area contributed by atoms with Crippen molar-refractivity contribution in [2.75, 3.05) is 19.3 Å². The molecule has 2 amide bonds. The van der Waals surface area contributed by atoms with Crippen LogP contribution in [-0.2, 0) is 11.9 Å². The molecule has 1 fully saturated rings. The Kier molecular flexibility index (Phi) is 5.78. The van der Waals surface area contributed by atoms with E-state index in [2.05, 4.69) is 15.4 Å². The maximum atomic E-state index is 12.6. The van der Waals surface area contributed by atoms with Gasteiger partial charge in [0, 0.05) is 31.0 Å². The van der Waals surface area contributed by atoms with Crippen LogP contribution in [0, 0.1) is 0 Å². The molecular weight excluding hydrogens is 412 g/mol. The number of benzene rings is 1. The smallest absolute Gasteiger partial charge is 0.270 e. The van der Waals surface area contributed by atoms with Crippen LogP contribution in [0.2, 0.25) is 0 Å². The van der Waals surface area contributed by atoms with Gasteiger partial charge in [0.1, 0.15) is 11.4 Å². The molecular formula is C22H24N6O4. The van der Waals surface area contributed by atoms with Crippen LogP contribution in [0.4, 0.5) is 11.4 Å². The SMILES string of the molecule is COc1c(-c2ccn(C)n2)cccc1N(OC)c1cc(C(=O)NC2CC2)ncc1C(N)=O. The normalized spacial score (nSPS) is 13.0. The highest BCUT2D eigenvalue weighted by atomic mass is 16.7. The van der Waals surface area contributed by atoms with Gasteiger partial charge in [-0.05, 0) is 37.1 Å². The molecule has 0 atom stereocenters. The van der Waals surface area contributed by atoms with Crippen molar-refractivity contribution in [2.45, 2.75) is 18.9 Å². The first kappa shape index (κ1) is 21.3. The highest BCUT2D eigenvalue weighted by molar-refractivity contribution is 6.02. The van der Waals surface area contributed by atoms with E-state index in [0.29, 0.717) is 17.1 Å². The number of primary amides is 1. The van der Waals surface area contributed by atoms with E-state index in [1.54, 1.807) is 10.7 Å². The number of hydrogen-bond acceptors (Lipinski definition) is 7. The summed E-state index contributed by atoms with van der Waals surface area (Å²) in [5.74, 6) is -0.553. The Hall–Kier alpha value is -3.92. The standard InChI is InChI=1S/C22H24N6O4/c1-27-10-9-16(26-27)14-5-4-6-18(20(14)31-2)28(32-3)19-11-17(22(30)25-13-7-8-13)24-12-15(19)21(23)29/h4-6,9-13H,7-8H2,1-3H3,(H2,23,29)(H,25,30). The van der Waals surface area contributed by atoms with Crippen molar-refractivity contribution in [2.24, 2.45) is 12.8 Å². The number of amides is 2. The molecule has 3 aromatic rings. The molecule has 0 spiro atoms. The molecule has 1 aliphatic rings. The summed E-state index contributed by atoms with van der Waals surface area (Å²) in [6, 6.07) is 8.96. The van der Waals surface area contributed by atoms with Gasteiger partial charge in [0.2, 0.25) is 0 Å². The predicted molar refractivity (Wildman–Crippen MR) is 118 cm³/mol. The summed E-state index contributed by atoms with van der Waals surface area (Å²) in [5, 5.41) is 8.72. The topological polar surface area (TPSA) is 125 Å². The minimum atomic E-state index is -0.705. The van der Waals surface area contributed by atoms with E-state index in [4.69, 9.17) is 15.3 Å². The number of rotatable bonds is 8. The molecule has 32 heavy (non-hydrogen) atoms. The fourth-order valence-corrected chi connectivity index (χ4v) is 3.40. The van der Waals surface area contributed by atoms with Crippen LogP contribution >= 0.6 is 0 Å². The van der Waals surface area contributed by atoms with Gasteiger partial charge in [-0.25, -0.2) is 5.06 Å². The highest BCUT2D eigenvalue weighted by Gasteiger charge is 2.27. The van der Waals surface area contributed by atoms with Gasteiger partial charge in [0.15, 0.2) is 5.75 Å². The lowest BCUT2D eigenvalue weighted by molar-refractivity contribution is 0.0942. The molecule has 2 aromatic heterocycles. The zero-order valence-corrected chi connectivity index (χ0v) is 18.0. The number of carbonyl (C=O) groups excluding carboxylic acids is 2. The first-order chi connectivity index (χ1) is 15.4. The third kappa shape index (κ3) is 4.12. The summed E-state index contributed by atoms with van der Waals surface area (Å²) >= 11 is 0. The van der Waals surface area contributed by atoms with Crippen molar-refractivity contribution < 1.29 is 19.2 Å². The number of carbonyl (C=O) groups is 2. The molecule has 0 unspecified atom stereocenters. The van der Waals surface area contributed by atoms with Crippen molar-refractivity contribution in [3.63, 3.8) is 0 Å². The average molecular weight is 436 g/mol. The number of para-hydroxylation sites is 1. The molecule has 10 nitrogen and oxygen atoms in total. The van der Waals surface area contributed by atoms with Gasteiger partial charge < -0.3 is 15.8 Å². The number of aryl methyl sites for hydroxylation is 1. The quantitative estimate of drug-likeness (QED) is 0.519. The Bertz CT molecular complexity index is 1170. The molecule has 4 rings (SSSR count). The van der Waals surface area contributed by atoms with E-state index in [0.717, 1.165) is 18.4 Å². The van der Waals surface area contributed by atoms with Crippen molar-refractivity contribution in [1.82, 2.24) is 20.1 Å². The number of ether oxygens (including phenoxy) is 1. The number of nitrogens with zero attached hydrogens (tertiary/aromatic N) is 4. The summed E-state index contributed by atoms with van der Waals surface area (Å²) in [4.78, 5) is 34.5. The summed E-state index contributed by atoms with van der Waals surface area (Å²) < 4.78 is 7.39. The summed E-state index contributed by atoms with van der Waals surface area (Å²) in [5.41, 5.74) is 8.05. The van der Waals surface area contributed by atoms with E-state index in [1.165, 1.54) is 31.5 Å². The third-order valence-corrected chi connectivity index (χ3v) is 5.10. The molecule has 0 radical (unpaired) electrons. The van der Waals surface area contributed by atoms with Crippen molar-refractivity contribution in [3.05, 3.63) is 54.0 Å². The maximum Gasteiger partial charge on any atom is 0.270 e. The Morgan fingerprint density at radius 1 is 1.22 bits per heavy atom. The number of hydrogen-bond donors (Lipinski definition) is 2. The van der Waals surface area contributed by atoms with Crippen LogP contribution in [0.5, 0.6) is 5.75 Å². The number of nitrogens with two attached hydrogens (primary N) is 1. The highest BCUT2D eigenvalue weighted by Crippen LogP contribution is 2.41. The number of anilines is 2. The first-order valence-electron chi connectivity index (χ1n) is 10.0. The fraction of sp³-hybridized carbons (Fsp3) is 0.273. The molecule has 0 bridgehead atoms. The molecule has 1 aliphatic carbocycles. The fourth-order valence-electron chi connectivity index (χ4n) is 3.40. The Balaban J connectivity index is 1.82. The molecule has 1 aromatic carbocycles. The third-order valence-electron chi connectivity index (χ3n) is 5.10. The Labute approximate surface area is 184 Å². The molecule has 1 saturated carbocycles. The van der Waals surface area contributed by atoms with Crippen molar-refractivity contribution in [3.8, 4) is 17.0 Å². The molecule has 0 aliphatic heterocycles. The maximum absolute atomic E-state index is 12.6. The number of aromatic nitrogens is 3.